The Bertz CT molecular complexity index is 529. The van der Waals surface area contributed by atoms with Crippen LogP contribution in [0.4, 0.5) is 10.7 Å². The molecule has 25 heavy (non-hydrogen) atoms. The van der Waals surface area contributed by atoms with Crippen molar-refractivity contribution >= 4 is 12.0 Å². The van der Waals surface area contributed by atoms with Gasteiger partial charge >= 0.3 is 6.03 Å². The minimum absolute atomic E-state index is 0.0745. The number of hydrogen-bond acceptors (Lipinski definition) is 6. The fourth-order valence-electron chi connectivity index (χ4n) is 3.30. The summed E-state index contributed by atoms with van der Waals surface area (Å²) in [5, 5.41) is 6.09. The van der Waals surface area contributed by atoms with Crippen LogP contribution in [0.2, 0.25) is 0 Å². The van der Waals surface area contributed by atoms with Crippen LogP contribution in [0.25, 0.3) is 0 Å². The Hall–Kier alpha value is -1.93. The van der Waals surface area contributed by atoms with Gasteiger partial charge in [0.2, 0.25) is 5.95 Å². The van der Waals surface area contributed by atoms with E-state index in [9.17, 15) is 4.79 Å². The molecule has 2 saturated heterocycles. The van der Waals surface area contributed by atoms with Crippen LogP contribution in [0.15, 0.2) is 18.5 Å². The maximum atomic E-state index is 12.1. The molecule has 0 aromatic carbocycles. The van der Waals surface area contributed by atoms with Gasteiger partial charge in [-0.15, -0.1) is 0 Å². The van der Waals surface area contributed by atoms with Crippen molar-refractivity contribution in [2.24, 2.45) is 0 Å². The number of rotatable bonds is 5. The number of nitrogens with one attached hydrogen (secondary N) is 2. The van der Waals surface area contributed by atoms with E-state index in [1.165, 1.54) is 0 Å². The number of amides is 2. The Labute approximate surface area is 148 Å². The molecular weight excluding hydrogens is 320 g/mol. The Balaban J connectivity index is 1.35. The van der Waals surface area contributed by atoms with Gasteiger partial charge in [-0.25, -0.2) is 14.8 Å². The molecule has 0 unspecified atom stereocenters. The fourth-order valence-corrected chi connectivity index (χ4v) is 3.30. The molecule has 0 saturated carbocycles. The average Bonchev–Trinajstić information content (AvgIpc) is 2.68. The first-order valence-corrected chi connectivity index (χ1v) is 9.10. The second-order valence-corrected chi connectivity index (χ2v) is 6.66. The Kier molecular flexibility index (Phi) is 6.41. The molecule has 8 nitrogen and oxygen atoms in total. The summed E-state index contributed by atoms with van der Waals surface area (Å²) in [7, 11) is 0. The molecule has 8 heteroatoms. The number of carbonyl (C=O) groups is 1. The number of urea groups is 1. The van der Waals surface area contributed by atoms with Gasteiger partial charge < -0.3 is 20.3 Å². The largest absolute Gasteiger partial charge is 0.379 e. The van der Waals surface area contributed by atoms with E-state index < -0.39 is 0 Å². The summed E-state index contributed by atoms with van der Waals surface area (Å²) in [5.74, 6) is 0.768. The number of piperidine rings is 1. The molecule has 0 aliphatic carbocycles. The predicted molar refractivity (Wildman–Crippen MR) is 95.7 cm³/mol. The zero-order chi connectivity index (χ0) is 17.5. The molecule has 2 aliphatic rings. The lowest BCUT2D eigenvalue weighted by Crippen LogP contribution is -2.51. The van der Waals surface area contributed by atoms with Gasteiger partial charge in [-0.05, 0) is 25.8 Å². The van der Waals surface area contributed by atoms with E-state index >= 15 is 0 Å². The van der Waals surface area contributed by atoms with Crippen molar-refractivity contribution in [2.75, 3.05) is 50.8 Å². The molecule has 0 bridgehead atoms. The number of nitrogens with zero attached hydrogens (tertiary/aromatic N) is 4. The van der Waals surface area contributed by atoms with Gasteiger partial charge in [-0.3, -0.25) is 4.90 Å². The van der Waals surface area contributed by atoms with E-state index in [0.29, 0.717) is 12.6 Å². The monoisotopic (exact) mass is 348 g/mol. The van der Waals surface area contributed by atoms with Gasteiger partial charge in [0.1, 0.15) is 0 Å². The second kappa shape index (κ2) is 8.96. The number of hydrogen-bond donors (Lipinski definition) is 2. The van der Waals surface area contributed by atoms with Crippen molar-refractivity contribution < 1.29 is 9.53 Å². The second-order valence-electron chi connectivity index (χ2n) is 6.66. The van der Waals surface area contributed by atoms with E-state index in [0.717, 1.165) is 58.2 Å². The minimum atomic E-state index is -0.0745. The van der Waals surface area contributed by atoms with Gasteiger partial charge in [0.25, 0.3) is 0 Å². The highest BCUT2D eigenvalue weighted by atomic mass is 16.5. The highest BCUT2D eigenvalue weighted by Crippen LogP contribution is 2.15. The quantitative estimate of drug-likeness (QED) is 0.805. The van der Waals surface area contributed by atoms with Gasteiger partial charge in [0.05, 0.1) is 13.2 Å². The number of carbonyl (C=O) groups excluding carboxylic acids is 1. The van der Waals surface area contributed by atoms with Crippen LogP contribution in [-0.2, 0) is 4.74 Å². The lowest BCUT2D eigenvalue weighted by molar-refractivity contribution is 0.0209. The molecule has 0 spiro atoms. The molecule has 3 heterocycles. The highest BCUT2D eigenvalue weighted by Gasteiger charge is 2.23. The molecule has 2 amide bonds. The van der Waals surface area contributed by atoms with Crippen LogP contribution in [-0.4, -0.2) is 78.9 Å². The molecule has 1 aromatic heterocycles. The highest BCUT2D eigenvalue weighted by molar-refractivity contribution is 5.74. The summed E-state index contributed by atoms with van der Waals surface area (Å²) in [5.41, 5.74) is 0. The van der Waals surface area contributed by atoms with Crippen LogP contribution in [0, 0.1) is 0 Å². The smallest absolute Gasteiger partial charge is 0.315 e. The Morgan fingerprint density at radius 2 is 1.92 bits per heavy atom. The van der Waals surface area contributed by atoms with Crippen molar-refractivity contribution in [3.63, 3.8) is 0 Å². The molecule has 1 aromatic rings. The van der Waals surface area contributed by atoms with E-state index in [4.69, 9.17) is 4.74 Å². The number of aromatic nitrogens is 2. The molecule has 1 atom stereocenters. The molecule has 0 radical (unpaired) electrons. The summed E-state index contributed by atoms with van der Waals surface area (Å²) in [6, 6.07) is 2.28. The van der Waals surface area contributed by atoms with Gasteiger partial charge in [0.15, 0.2) is 0 Å². The minimum Gasteiger partial charge on any atom is -0.379 e. The third kappa shape index (κ3) is 5.27. The standard InChI is InChI=1S/C17H28N6O2/c1-14(22-9-11-25-12-10-22)13-20-17(24)21-15-3-7-23(8-4-15)16-18-5-2-6-19-16/h2,5-6,14-15H,3-4,7-13H2,1H3,(H2,20,21,24)/t14-/m1/s1. The lowest BCUT2D eigenvalue weighted by atomic mass is 10.1. The van der Waals surface area contributed by atoms with E-state index in [-0.39, 0.29) is 12.1 Å². The Morgan fingerprint density at radius 1 is 1.24 bits per heavy atom. The maximum Gasteiger partial charge on any atom is 0.315 e. The maximum absolute atomic E-state index is 12.1. The predicted octanol–water partition coefficient (Wildman–Crippen LogP) is 0.465. The molecule has 3 rings (SSSR count). The molecule has 138 valence electrons. The van der Waals surface area contributed by atoms with Crippen LogP contribution in [0.5, 0.6) is 0 Å². The first-order chi connectivity index (χ1) is 12.2. The van der Waals surface area contributed by atoms with E-state index in [2.05, 4.69) is 37.3 Å². The van der Waals surface area contributed by atoms with Crippen LogP contribution in [0.3, 0.4) is 0 Å². The molecule has 2 aliphatic heterocycles. The van der Waals surface area contributed by atoms with Crippen molar-refractivity contribution in [1.29, 1.82) is 0 Å². The van der Waals surface area contributed by atoms with Gasteiger partial charge in [-0.1, -0.05) is 0 Å². The van der Waals surface area contributed by atoms with Gasteiger partial charge in [-0.2, -0.15) is 0 Å². The van der Waals surface area contributed by atoms with E-state index in [1.54, 1.807) is 12.4 Å². The summed E-state index contributed by atoms with van der Waals surface area (Å²) in [6.07, 6.45) is 5.33. The number of morpholine rings is 1. The zero-order valence-corrected chi connectivity index (χ0v) is 14.9. The Morgan fingerprint density at radius 3 is 2.60 bits per heavy atom. The molecule has 2 fully saturated rings. The zero-order valence-electron chi connectivity index (χ0n) is 14.9. The number of anilines is 1. The third-order valence-electron chi connectivity index (χ3n) is 4.89. The van der Waals surface area contributed by atoms with Crippen LogP contribution < -0.4 is 15.5 Å². The normalized spacial score (nSPS) is 20.9. The number of ether oxygens (including phenoxy) is 1. The third-order valence-corrected chi connectivity index (χ3v) is 4.89. The van der Waals surface area contributed by atoms with Gasteiger partial charge in [0, 0.05) is 57.2 Å². The van der Waals surface area contributed by atoms with Crippen molar-refractivity contribution in [3.05, 3.63) is 18.5 Å². The van der Waals surface area contributed by atoms with Crippen molar-refractivity contribution in [1.82, 2.24) is 25.5 Å². The summed E-state index contributed by atoms with van der Waals surface area (Å²) < 4.78 is 5.36. The summed E-state index contributed by atoms with van der Waals surface area (Å²) in [6.45, 7) is 7.94. The average molecular weight is 348 g/mol. The van der Waals surface area contributed by atoms with Crippen molar-refractivity contribution in [2.45, 2.75) is 31.8 Å². The molecular formula is C17H28N6O2. The summed E-state index contributed by atoms with van der Waals surface area (Å²) >= 11 is 0. The summed E-state index contributed by atoms with van der Waals surface area (Å²) in [4.78, 5) is 25.2. The first kappa shape index (κ1) is 17.9. The van der Waals surface area contributed by atoms with Crippen LogP contribution in [0.1, 0.15) is 19.8 Å². The fraction of sp³-hybridized carbons (Fsp3) is 0.706. The SMILES string of the molecule is C[C@H](CNC(=O)NC1CCN(c2ncccn2)CC1)N1CCOCC1. The molecule has 2 N–H and O–H groups in total. The van der Waals surface area contributed by atoms with Crippen LogP contribution >= 0.6 is 0 Å². The first-order valence-electron chi connectivity index (χ1n) is 9.10. The van der Waals surface area contributed by atoms with Crippen molar-refractivity contribution in [3.8, 4) is 0 Å². The topological polar surface area (TPSA) is 82.6 Å². The lowest BCUT2D eigenvalue weighted by Gasteiger charge is -2.33. The van der Waals surface area contributed by atoms with E-state index in [1.807, 2.05) is 6.07 Å².